The first kappa shape index (κ1) is 28.5. The van der Waals surface area contributed by atoms with Gasteiger partial charge in [-0.3, -0.25) is 0 Å². The van der Waals surface area contributed by atoms with E-state index in [4.69, 9.17) is 4.74 Å². The lowest BCUT2D eigenvalue weighted by molar-refractivity contribution is -0.217. The number of esters is 1. The number of aliphatic hydroxyl groups excluding tert-OH is 1. The first-order chi connectivity index (χ1) is 19.0. The summed E-state index contributed by atoms with van der Waals surface area (Å²) in [6.45, 7) is 14.1. The van der Waals surface area contributed by atoms with Gasteiger partial charge in [0.2, 0.25) is 0 Å². The molecule has 0 amide bonds. The Labute approximate surface area is 242 Å². The first-order valence-electron chi connectivity index (χ1n) is 16.2. The van der Waals surface area contributed by atoms with Gasteiger partial charge in [0.1, 0.15) is 0 Å². The minimum Gasteiger partial charge on any atom is -0.465 e. The summed E-state index contributed by atoms with van der Waals surface area (Å²) in [7, 11) is 1.44. The summed E-state index contributed by atoms with van der Waals surface area (Å²) in [4.78, 5) is 12.0. The Bertz CT molecular complexity index is 1170. The van der Waals surface area contributed by atoms with Crippen molar-refractivity contribution in [2.45, 2.75) is 104 Å². The predicted octanol–water partition coefficient (Wildman–Crippen LogP) is 7.66. The Morgan fingerprint density at radius 3 is 2.35 bits per heavy atom. The number of allylic oxidation sites excluding steroid dienone is 2. The maximum atomic E-state index is 12.0. The van der Waals surface area contributed by atoms with Gasteiger partial charge in [0.05, 0.1) is 19.3 Å². The van der Waals surface area contributed by atoms with Crippen molar-refractivity contribution in [3.05, 3.63) is 41.5 Å². The van der Waals surface area contributed by atoms with Gasteiger partial charge in [-0.15, -0.1) is 0 Å². The molecule has 1 aromatic carbocycles. The normalized spacial score (nSPS) is 43.5. The van der Waals surface area contributed by atoms with Crippen LogP contribution < -0.4 is 5.32 Å². The fourth-order valence-electron chi connectivity index (χ4n) is 12.2. The molecule has 4 heteroatoms. The van der Waals surface area contributed by atoms with E-state index in [1.165, 1.54) is 76.0 Å². The number of hydrogen-bond acceptors (Lipinski definition) is 4. The molecule has 220 valence electrons. The van der Waals surface area contributed by atoms with Crippen LogP contribution in [-0.2, 0) is 4.74 Å². The van der Waals surface area contributed by atoms with Gasteiger partial charge in [0.15, 0.2) is 0 Å². The number of aliphatic hydroxyl groups is 1. The van der Waals surface area contributed by atoms with Crippen LogP contribution in [0.5, 0.6) is 0 Å². The third-order valence-corrected chi connectivity index (χ3v) is 14.1. The van der Waals surface area contributed by atoms with Gasteiger partial charge in [0, 0.05) is 12.1 Å². The second kappa shape index (κ2) is 9.69. The molecule has 0 spiro atoms. The molecule has 4 fully saturated rings. The van der Waals surface area contributed by atoms with Crippen molar-refractivity contribution in [3.63, 3.8) is 0 Å². The van der Waals surface area contributed by atoms with Gasteiger partial charge >= 0.3 is 5.97 Å². The van der Waals surface area contributed by atoms with E-state index in [9.17, 15) is 9.90 Å². The molecule has 0 aliphatic heterocycles. The minimum absolute atomic E-state index is 0.0836. The van der Waals surface area contributed by atoms with E-state index in [2.05, 4.69) is 58.1 Å². The quantitative estimate of drug-likeness (QED) is 0.372. The monoisotopic (exact) mass is 547 g/mol. The molecule has 2 N–H and O–H groups in total. The number of hydrogen-bond donors (Lipinski definition) is 2. The first-order valence-corrected chi connectivity index (χ1v) is 16.2. The van der Waals surface area contributed by atoms with E-state index in [-0.39, 0.29) is 23.5 Å². The second-order valence-corrected chi connectivity index (χ2v) is 15.6. The fraction of sp³-hybridized carbons (Fsp3) is 0.750. The number of methoxy groups -OCH3 is 1. The van der Waals surface area contributed by atoms with Gasteiger partial charge in [-0.2, -0.15) is 0 Å². The lowest BCUT2D eigenvalue weighted by atomic mass is 9.33. The van der Waals surface area contributed by atoms with Gasteiger partial charge in [-0.05, 0) is 126 Å². The maximum absolute atomic E-state index is 12.0. The van der Waals surface area contributed by atoms with Gasteiger partial charge in [-0.25, -0.2) is 4.79 Å². The standard InChI is InChI=1S/C36H53NO3/c1-32(2)26(24-9-11-25(12-10-24)31(39)40-6)15-18-33(3)29(32)16-19-35(5)30(33)14-13-27-28-8-7-17-36(28,37-22-23-38)21-20-34(27,35)4/h9-12,15,27-30,37-38H,7-8,13-14,16-23H2,1-6H3/t27-,28-,29?,30?,33+,34-,35-,36+/m1/s1. The number of carbonyl (C=O) groups is 1. The highest BCUT2D eigenvalue weighted by molar-refractivity contribution is 5.89. The Kier molecular flexibility index (Phi) is 6.90. The topological polar surface area (TPSA) is 58.6 Å². The molecular weight excluding hydrogens is 494 g/mol. The maximum Gasteiger partial charge on any atom is 0.337 e. The van der Waals surface area contributed by atoms with Crippen LogP contribution in [-0.4, -0.2) is 36.9 Å². The van der Waals surface area contributed by atoms with Crippen LogP contribution in [0.2, 0.25) is 0 Å². The number of benzene rings is 1. The third-order valence-electron chi connectivity index (χ3n) is 14.1. The van der Waals surface area contributed by atoms with Crippen molar-refractivity contribution >= 4 is 11.5 Å². The SMILES string of the molecule is COC(=O)c1ccc(C2=CC[C@@]3(C)C(CC[C@]4(C)C3CC[C@@H]3[C@H]5CCC[C@]5(NCCO)CC[C@]34C)C2(C)C)cc1. The molecule has 0 aromatic heterocycles. The molecule has 0 saturated heterocycles. The van der Waals surface area contributed by atoms with Gasteiger partial charge in [0.25, 0.3) is 0 Å². The van der Waals surface area contributed by atoms with Crippen molar-refractivity contribution in [1.82, 2.24) is 5.32 Å². The molecule has 2 unspecified atom stereocenters. The number of rotatable bonds is 5. The van der Waals surface area contributed by atoms with Crippen molar-refractivity contribution in [2.24, 2.45) is 45.3 Å². The summed E-state index contributed by atoms with van der Waals surface area (Å²) in [5, 5.41) is 13.5. The predicted molar refractivity (Wildman–Crippen MR) is 162 cm³/mol. The summed E-state index contributed by atoms with van der Waals surface area (Å²) in [6, 6.07) is 8.10. The van der Waals surface area contributed by atoms with Crippen LogP contribution in [0, 0.1) is 45.3 Å². The number of β-amino-alcohol motifs (C(OH)–C–C–N with tert-alkyl or cyclic N) is 1. The van der Waals surface area contributed by atoms with Gasteiger partial charge in [-0.1, -0.05) is 59.2 Å². The summed E-state index contributed by atoms with van der Waals surface area (Å²) in [5.74, 6) is 2.70. The fourth-order valence-corrected chi connectivity index (χ4v) is 12.2. The Morgan fingerprint density at radius 1 is 0.900 bits per heavy atom. The highest BCUT2D eigenvalue weighted by atomic mass is 16.5. The molecule has 4 nitrogen and oxygen atoms in total. The zero-order valence-corrected chi connectivity index (χ0v) is 25.9. The van der Waals surface area contributed by atoms with E-state index in [1.54, 1.807) is 0 Å². The molecule has 5 aliphatic carbocycles. The van der Waals surface area contributed by atoms with Crippen LogP contribution >= 0.6 is 0 Å². The lowest BCUT2D eigenvalue weighted by Crippen LogP contribution is -2.67. The summed E-state index contributed by atoms with van der Waals surface area (Å²) < 4.78 is 4.93. The largest absolute Gasteiger partial charge is 0.465 e. The van der Waals surface area contributed by atoms with Crippen molar-refractivity contribution in [2.75, 3.05) is 20.3 Å². The Hall–Kier alpha value is -1.65. The van der Waals surface area contributed by atoms with E-state index in [0.717, 1.165) is 30.7 Å². The molecule has 6 rings (SSSR count). The van der Waals surface area contributed by atoms with Gasteiger partial charge < -0.3 is 15.2 Å². The molecule has 0 heterocycles. The number of fused-ring (bicyclic) bond motifs is 7. The summed E-state index contributed by atoms with van der Waals surface area (Å²) >= 11 is 0. The summed E-state index contributed by atoms with van der Waals surface area (Å²) in [6.07, 6.45) is 15.7. The van der Waals surface area contributed by atoms with Crippen molar-refractivity contribution in [3.8, 4) is 0 Å². The molecule has 40 heavy (non-hydrogen) atoms. The van der Waals surface area contributed by atoms with E-state index in [0.29, 0.717) is 27.7 Å². The van der Waals surface area contributed by atoms with Crippen LogP contribution in [0.4, 0.5) is 0 Å². The average molecular weight is 548 g/mol. The number of ether oxygens (including phenoxy) is 1. The van der Waals surface area contributed by atoms with Crippen LogP contribution in [0.15, 0.2) is 30.3 Å². The highest BCUT2D eigenvalue weighted by Gasteiger charge is 2.69. The summed E-state index contributed by atoms with van der Waals surface area (Å²) in [5.41, 5.74) is 4.75. The third kappa shape index (κ3) is 3.80. The average Bonchev–Trinajstić information content (AvgIpc) is 3.36. The minimum atomic E-state index is -0.270. The lowest BCUT2D eigenvalue weighted by Gasteiger charge is -2.72. The van der Waals surface area contributed by atoms with E-state index < -0.39 is 0 Å². The Morgan fingerprint density at radius 2 is 1.65 bits per heavy atom. The van der Waals surface area contributed by atoms with Crippen LogP contribution in [0.1, 0.15) is 115 Å². The molecule has 5 aliphatic rings. The van der Waals surface area contributed by atoms with Crippen LogP contribution in [0.3, 0.4) is 0 Å². The molecule has 0 bridgehead atoms. The molecule has 4 saturated carbocycles. The second-order valence-electron chi connectivity index (χ2n) is 15.6. The zero-order chi connectivity index (χ0) is 28.6. The van der Waals surface area contributed by atoms with E-state index >= 15 is 0 Å². The smallest absolute Gasteiger partial charge is 0.337 e. The molecule has 8 atom stereocenters. The van der Waals surface area contributed by atoms with Crippen molar-refractivity contribution < 1.29 is 14.6 Å². The number of carbonyl (C=O) groups excluding carboxylic acids is 1. The molecular formula is C36H53NO3. The molecule has 1 aromatic rings. The van der Waals surface area contributed by atoms with Crippen molar-refractivity contribution in [1.29, 1.82) is 0 Å². The Balaban J connectivity index is 1.31. The number of nitrogens with one attached hydrogen (secondary N) is 1. The van der Waals surface area contributed by atoms with E-state index in [1.807, 2.05) is 12.1 Å². The molecule has 0 radical (unpaired) electrons. The van der Waals surface area contributed by atoms with Crippen LogP contribution in [0.25, 0.3) is 5.57 Å². The highest BCUT2D eigenvalue weighted by Crippen LogP contribution is 2.76. The zero-order valence-electron chi connectivity index (χ0n) is 25.9.